The van der Waals surface area contributed by atoms with Crippen LogP contribution >= 0.6 is 0 Å². The second-order valence-electron chi connectivity index (χ2n) is 6.80. The number of rotatable bonds is 7. The number of hydrogen-bond donors (Lipinski definition) is 3. The summed E-state index contributed by atoms with van der Waals surface area (Å²) in [6, 6.07) is 8.49. The van der Waals surface area contributed by atoms with Crippen molar-refractivity contribution in [2.75, 3.05) is 57.7 Å². The molecule has 0 bridgehead atoms. The molecule has 1 aliphatic rings. The number of morpholine rings is 1. The molecule has 30 heavy (non-hydrogen) atoms. The topological polar surface area (TPSA) is 90.3 Å². The first-order valence-corrected chi connectivity index (χ1v) is 9.54. The molecule has 3 N–H and O–H groups in total. The highest BCUT2D eigenvalue weighted by Gasteiger charge is 2.20. The minimum atomic E-state index is -0.507. The van der Waals surface area contributed by atoms with E-state index in [4.69, 9.17) is 14.2 Å². The van der Waals surface area contributed by atoms with Crippen LogP contribution in [0.4, 0.5) is 15.8 Å². The van der Waals surface area contributed by atoms with Crippen LogP contribution < -0.4 is 25.0 Å². The second-order valence-corrected chi connectivity index (χ2v) is 6.80. The van der Waals surface area contributed by atoms with Crippen molar-refractivity contribution in [1.29, 1.82) is 0 Å². The standard InChI is InChI=1S/C21H24FN3O5/c1-28-18-12-17(24-21(27)14-4-3-5-15(22)10-14)19(29-2)11-16(18)23-20(26)13-25-6-8-30-9-7-25/h3-5,10-12H,6-9,13H2,1-2H3,(H,23,26)(H,24,27)/p+1. The Labute approximate surface area is 173 Å². The largest absolute Gasteiger partial charge is 0.494 e. The number of hydrogen-bond acceptors (Lipinski definition) is 5. The number of ether oxygens (including phenoxy) is 3. The van der Waals surface area contributed by atoms with Gasteiger partial charge in [-0.25, -0.2) is 4.39 Å². The zero-order chi connectivity index (χ0) is 21.5. The number of amides is 2. The zero-order valence-electron chi connectivity index (χ0n) is 16.9. The van der Waals surface area contributed by atoms with Gasteiger partial charge in [0.25, 0.3) is 11.8 Å². The second kappa shape index (κ2) is 10.0. The number of benzene rings is 2. The van der Waals surface area contributed by atoms with Crippen LogP contribution in [0.1, 0.15) is 10.4 Å². The van der Waals surface area contributed by atoms with Gasteiger partial charge in [0.1, 0.15) is 30.4 Å². The maximum absolute atomic E-state index is 13.4. The Kier molecular flexibility index (Phi) is 7.21. The molecule has 0 aromatic heterocycles. The molecule has 0 atom stereocenters. The van der Waals surface area contributed by atoms with Crippen LogP contribution in [0.2, 0.25) is 0 Å². The lowest BCUT2D eigenvalue weighted by Crippen LogP contribution is -3.15. The molecular formula is C21H25FN3O5+. The third-order valence-corrected chi connectivity index (χ3v) is 4.74. The fourth-order valence-electron chi connectivity index (χ4n) is 3.18. The third-order valence-electron chi connectivity index (χ3n) is 4.74. The summed E-state index contributed by atoms with van der Waals surface area (Å²) < 4.78 is 29.4. The van der Waals surface area contributed by atoms with Gasteiger partial charge >= 0.3 is 0 Å². The van der Waals surface area contributed by atoms with E-state index in [1.54, 1.807) is 12.1 Å². The highest BCUT2D eigenvalue weighted by atomic mass is 19.1. The molecule has 1 aliphatic heterocycles. The van der Waals surface area contributed by atoms with E-state index in [1.165, 1.54) is 32.4 Å². The van der Waals surface area contributed by atoms with Crippen molar-refractivity contribution in [1.82, 2.24) is 0 Å². The van der Waals surface area contributed by atoms with E-state index in [0.29, 0.717) is 42.6 Å². The molecule has 8 nitrogen and oxygen atoms in total. The van der Waals surface area contributed by atoms with Gasteiger partial charge in [0, 0.05) is 17.7 Å². The molecule has 0 unspecified atom stereocenters. The van der Waals surface area contributed by atoms with Crippen LogP contribution in [0.3, 0.4) is 0 Å². The maximum Gasteiger partial charge on any atom is 0.279 e. The first kappa shape index (κ1) is 21.5. The lowest BCUT2D eigenvalue weighted by Gasteiger charge is -2.23. The predicted octanol–water partition coefficient (Wildman–Crippen LogP) is 0.949. The van der Waals surface area contributed by atoms with Gasteiger partial charge in [-0.2, -0.15) is 0 Å². The van der Waals surface area contributed by atoms with E-state index in [2.05, 4.69) is 10.6 Å². The number of quaternary nitrogens is 1. The summed E-state index contributed by atoms with van der Waals surface area (Å²) >= 11 is 0. The average Bonchev–Trinajstić information content (AvgIpc) is 2.75. The van der Waals surface area contributed by atoms with Crippen LogP contribution in [0, 0.1) is 5.82 Å². The van der Waals surface area contributed by atoms with Gasteiger partial charge in [-0.3, -0.25) is 9.59 Å². The van der Waals surface area contributed by atoms with E-state index in [0.717, 1.165) is 24.1 Å². The summed E-state index contributed by atoms with van der Waals surface area (Å²) in [5.74, 6) is -0.482. The molecule has 0 spiro atoms. The minimum absolute atomic E-state index is 0.163. The Balaban J connectivity index is 1.76. The Morgan fingerprint density at radius 2 is 1.67 bits per heavy atom. The molecule has 160 valence electrons. The van der Waals surface area contributed by atoms with Crippen LogP contribution in [0.5, 0.6) is 11.5 Å². The lowest BCUT2D eigenvalue weighted by molar-refractivity contribution is -0.899. The monoisotopic (exact) mass is 418 g/mol. The van der Waals surface area contributed by atoms with E-state index in [9.17, 15) is 14.0 Å². The molecule has 1 saturated heterocycles. The fourth-order valence-corrected chi connectivity index (χ4v) is 3.18. The summed E-state index contributed by atoms with van der Waals surface area (Å²) in [5, 5.41) is 5.52. The van der Waals surface area contributed by atoms with Crippen LogP contribution in [0.25, 0.3) is 0 Å². The molecular weight excluding hydrogens is 393 g/mol. The Bertz CT molecular complexity index is 916. The Morgan fingerprint density at radius 1 is 1.03 bits per heavy atom. The number of methoxy groups -OCH3 is 2. The number of carbonyl (C=O) groups excluding carboxylic acids is 2. The highest BCUT2D eigenvalue weighted by molar-refractivity contribution is 6.05. The van der Waals surface area contributed by atoms with Crippen molar-refractivity contribution < 1.29 is 33.1 Å². The van der Waals surface area contributed by atoms with E-state index in [-0.39, 0.29) is 11.5 Å². The summed E-state index contributed by atoms with van der Waals surface area (Å²) in [4.78, 5) is 26.1. The van der Waals surface area contributed by atoms with E-state index in [1.807, 2.05) is 0 Å². The molecule has 2 aromatic rings. The first-order chi connectivity index (χ1) is 14.5. The van der Waals surface area contributed by atoms with Crippen LogP contribution in [0.15, 0.2) is 36.4 Å². The lowest BCUT2D eigenvalue weighted by atomic mass is 10.2. The highest BCUT2D eigenvalue weighted by Crippen LogP contribution is 2.36. The summed E-state index contributed by atoms with van der Waals surface area (Å²) in [6.45, 7) is 3.14. The molecule has 2 aromatic carbocycles. The summed E-state index contributed by atoms with van der Waals surface area (Å²) in [6.07, 6.45) is 0. The molecule has 9 heteroatoms. The molecule has 2 amide bonds. The molecule has 0 radical (unpaired) electrons. The average molecular weight is 418 g/mol. The van der Waals surface area contributed by atoms with Gasteiger partial charge < -0.3 is 29.7 Å². The first-order valence-electron chi connectivity index (χ1n) is 9.54. The third kappa shape index (κ3) is 5.46. The SMILES string of the molecule is COc1cc(NC(=O)c2cccc(F)c2)c(OC)cc1NC(=O)C[NH+]1CCOCC1. The van der Waals surface area contributed by atoms with Crippen molar-refractivity contribution in [3.63, 3.8) is 0 Å². The normalized spacial score (nSPS) is 14.1. The van der Waals surface area contributed by atoms with E-state index >= 15 is 0 Å². The smallest absolute Gasteiger partial charge is 0.279 e. The molecule has 3 rings (SSSR count). The molecule has 0 saturated carbocycles. The van der Waals surface area contributed by atoms with Crippen LogP contribution in [-0.2, 0) is 9.53 Å². The van der Waals surface area contributed by atoms with Crippen molar-refractivity contribution >= 4 is 23.2 Å². The van der Waals surface area contributed by atoms with Crippen molar-refractivity contribution in [3.8, 4) is 11.5 Å². The summed E-state index contributed by atoms with van der Waals surface area (Å²) in [7, 11) is 2.91. The van der Waals surface area contributed by atoms with Gasteiger partial charge in [-0.1, -0.05) is 6.07 Å². The number of anilines is 2. The zero-order valence-corrected chi connectivity index (χ0v) is 16.9. The Morgan fingerprint density at radius 3 is 2.27 bits per heavy atom. The van der Waals surface area contributed by atoms with Gasteiger partial charge in [0.15, 0.2) is 6.54 Å². The Hall–Kier alpha value is -3.17. The van der Waals surface area contributed by atoms with Gasteiger partial charge in [-0.05, 0) is 18.2 Å². The molecule has 0 aliphatic carbocycles. The van der Waals surface area contributed by atoms with Crippen molar-refractivity contribution in [2.45, 2.75) is 0 Å². The van der Waals surface area contributed by atoms with Gasteiger partial charge in [0.2, 0.25) is 0 Å². The number of nitrogens with one attached hydrogen (secondary N) is 3. The maximum atomic E-state index is 13.4. The van der Waals surface area contributed by atoms with Crippen LogP contribution in [-0.4, -0.2) is 58.9 Å². The molecule has 1 fully saturated rings. The minimum Gasteiger partial charge on any atom is -0.494 e. The van der Waals surface area contributed by atoms with Crippen molar-refractivity contribution in [2.24, 2.45) is 0 Å². The summed E-state index contributed by atoms with van der Waals surface area (Å²) in [5.41, 5.74) is 0.929. The fraction of sp³-hybridized carbons (Fsp3) is 0.333. The molecule has 1 heterocycles. The van der Waals surface area contributed by atoms with Crippen molar-refractivity contribution in [3.05, 3.63) is 47.8 Å². The van der Waals surface area contributed by atoms with E-state index < -0.39 is 11.7 Å². The van der Waals surface area contributed by atoms with Gasteiger partial charge in [-0.15, -0.1) is 0 Å². The number of halogens is 1. The number of carbonyl (C=O) groups is 2. The predicted molar refractivity (Wildman–Crippen MR) is 109 cm³/mol. The quantitative estimate of drug-likeness (QED) is 0.623. The van der Waals surface area contributed by atoms with Gasteiger partial charge in [0.05, 0.1) is 38.8 Å².